The third-order valence-electron chi connectivity index (χ3n) is 6.80. The molecule has 0 fully saturated rings. The number of nitrogens with zero attached hydrogens (tertiary/aromatic N) is 4. The van der Waals surface area contributed by atoms with Gasteiger partial charge in [0.05, 0.1) is 23.2 Å². The summed E-state index contributed by atoms with van der Waals surface area (Å²) in [4.78, 5) is 26.6. The fourth-order valence-corrected chi connectivity index (χ4v) is 4.86. The molecule has 6 aromatic rings. The van der Waals surface area contributed by atoms with Crippen LogP contribution in [-0.4, -0.2) is 32.3 Å². The van der Waals surface area contributed by atoms with Gasteiger partial charge in [0.2, 0.25) is 0 Å². The number of para-hydroxylation sites is 1. The number of rotatable bonds is 7. The van der Waals surface area contributed by atoms with E-state index in [4.69, 9.17) is 15.6 Å². The lowest BCUT2D eigenvalue weighted by atomic mass is 10.0. The maximum absolute atomic E-state index is 13.8. The SMILES string of the molecule is CNc1nc2ccc(C(=N)c3c(N)ncnc3NCc3cc4cccc(C)c4c(=O)n3-c3ccccc3)cc2o1. The summed E-state index contributed by atoms with van der Waals surface area (Å²) in [7, 11) is 1.72. The number of hydrogen-bond donors (Lipinski definition) is 4. The van der Waals surface area contributed by atoms with Gasteiger partial charge in [0.1, 0.15) is 23.5 Å². The fourth-order valence-electron chi connectivity index (χ4n) is 4.86. The lowest BCUT2D eigenvalue weighted by Gasteiger charge is -2.18. The van der Waals surface area contributed by atoms with Crippen molar-refractivity contribution in [2.24, 2.45) is 0 Å². The summed E-state index contributed by atoms with van der Waals surface area (Å²) >= 11 is 0. The minimum atomic E-state index is -0.102. The molecule has 0 saturated carbocycles. The van der Waals surface area contributed by atoms with Crippen LogP contribution in [0.1, 0.15) is 22.4 Å². The van der Waals surface area contributed by atoms with Gasteiger partial charge in [0.25, 0.3) is 11.6 Å². The highest BCUT2D eigenvalue weighted by molar-refractivity contribution is 6.17. The zero-order valence-electron chi connectivity index (χ0n) is 21.9. The number of nitrogens with one attached hydrogen (secondary N) is 3. The fraction of sp³-hybridized carbons (Fsp3) is 0.100. The van der Waals surface area contributed by atoms with E-state index in [2.05, 4.69) is 25.6 Å². The minimum absolute atomic E-state index is 0.102. The minimum Gasteiger partial charge on any atom is -0.424 e. The van der Waals surface area contributed by atoms with Crippen molar-refractivity contribution in [2.45, 2.75) is 13.5 Å². The van der Waals surface area contributed by atoms with Crippen molar-refractivity contribution in [1.29, 1.82) is 5.41 Å². The first-order valence-corrected chi connectivity index (χ1v) is 12.7. The Balaban J connectivity index is 1.40. The monoisotopic (exact) mass is 530 g/mol. The van der Waals surface area contributed by atoms with Gasteiger partial charge in [-0.2, -0.15) is 4.98 Å². The topological polar surface area (TPSA) is 148 Å². The van der Waals surface area contributed by atoms with Crippen molar-refractivity contribution in [3.05, 3.63) is 112 Å². The van der Waals surface area contributed by atoms with E-state index in [0.717, 1.165) is 22.3 Å². The molecule has 10 nitrogen and oxygen atoms in total. The molecule has 0 aliphatic carbocycles. The number of fused-ring (bicyclic) bond motifs is 2. The lowest BCUT2D eigenvalue weighted by molar-refractivity contribution is 0.620. The molecule has 3 heterocycles. The zero-order valence-corrected chi connectivity index (χ0v) is 21.9. The second-order valence-corrected chi connectivity index (χ2v) is 9.31. The molecule has 0 atom stereocenters. The second-order valence-electron chi connectivity index (χ2n) is 9.31. The number of hydrogen-bond acceptors (Lipinski definition) is 9. The molecule has 5 N–H and O–H groups in total. The standard InChI is InChI=1S/C30H26N8O2/c1-17-7-6-8-18-13-21(38(29(39)24(17)18)20-9-4-3-5-10-20)15-34-28-25(27(32)35-16-36-28)26(31)19-11-12-22-23(14-19)40-30(33-2)37-22/h3-14,16,31H,15H2,1-2H3,(H,33,37)(H3,32,34,35,36). The van der Waals surface area contributed by atoms with Gasteiger partial charge >= 0.3 is 0 Å². The van der Waals surface area contributed by atoms with E-state index >= 15 is 0 Å². The first kappa shape index (κ1) is 24.8. The second kappa shape index (κ2) is 9.99. The lowest BCUT2D eigenvalue weighted by Crippen LogP contribution is -2.24. The number of benzene rings is 3. The van der Waals surface area contributed by atoms with E-state index in [9.17, 15) is 4.79 Å². The summed E-state index contributed by atoms with van der Waals surface area (Å²) in [6, 6.07) is 23.0. The molecule has 0 amide bonds. The maximum Gasteiger partial charge on any atom is 0.295 e. The van der Waals surface area contributed by atoms with Crippen molar-refractivity contribution < 1.29 is 4.42 Å². The van der Waals surface area contributed by atoms with E-state index in [1.165, 1.54) is 6.33 Å². The summed E-state index contributed by atoms with van der Waals surface area (Å²) < 4.78 is 7.39. The number of aromatic nitrogens is 4. The summed E-state index contributed by atoms with van der Waals surface area (Å²) in [5, 5.41) is 16.7. The van der Waals surface area contributed by atoms with Gasteiger partial charge in [0.15, 0.2) is 5.58 Å². The first-order chi connectivity index (χ1) is 19.4. The van der Waals surface area contributed by atoms with Gasteiger partial charge in [-0.1, -0.05) is 42.5 Å². The molecule has 6 rings (SSSR count). The van der Waals surface area contributed by atoms with Gasteiger partial charge < -0.3 is 20.8 Å². The molecular weight excluding hydrogens is 504 g/mol. The van der Waals surface area contributed by atoms with Crippen molar-refractivity contribution in [2.75, 3.05) is 23.4 Å². The molecule has 198 valence electrons. The Morgan fingerprint density at radius 1 is 1.05 bits per heavy atom. The highest BCUT2D eigenvalue weighted by Crippen LogP contribution is 2.26. The molecule has 0 spiro atoms. The third kappa shape index (κ3) is 4.31. The van der Waals surface area contributed by atoms with Crippen molar-refractivity contribution in [3.63, 3.8) is 0 Å². The predicted molar refractivity (Wildman–Crippen MR) is 158 cm³/mol. The molecule has 0 radical (unpaired) electrons. The number of aryl methyl sites for hydroxylation is 1. The van der Waals surface area contributed by atoms with Gasteiger partial charge in [0, 0.05) is 24.0 Å². The smallest absolute Gasteiger partial charge is 0.295 e. The van der Waals surface area contributed by atoms with E-state index in [1.807, 2.05) is 61.5 Å². The summed E-state index contributed by atoms with van der Waals surface area (Å²) in [6.07, 6.45) is 1.35. The zero-order chi connectivity index (χ0) is 27.8. The molecule has 0 unspecified atom stereocenters. The highest BCUT2D eigenvalue weighted by Gasteiger charge is 2.19. The van der Waals surface area contributed by atoms with E-state index in [-0.39, 0.29) is 23.6 Å². The van der Waals surface area contributed by atoms with Crippen LogP contribution in [0.3, 0.4) is 0 Å². The third-order valence-corrected chi connectivity index (χ3v) is 6.80. The Morgan fingerprint density at radius 2 is 1.88 bits per heavy atom. The first-order valence-electron chi connectivity index (χ1n) is 12.7. The van der Waals surface area contributed by atoms with E-state index in [1.54, 1.807) is 29.8 Å². The van der Waals surface area contributed by atoms with Crippen LogP contribution in [0.2, 0.25) is 0 Å². The molecule has 3 aromatic heterocycles. The van der Waals surface area contributed by atoms with Crippen LogP contribution in [0.5, 0.6) is 0 Å². The van der Waals surface area contributed by atoms with E-state index < -0.39 is 0 Å². The number of pyridine rings is 1. The molecule has 0 bridgehead atoms. The summed E-state index contributed by atoms with van der Waals surface area (Å²) in [5.41, 5.74) is 10.8. The average Bonchev–Trinajstić information content (AvgIpc) is 3.39. The number of oxazole rings is 1. The van der Waals surface area contributed by atoms with Crippen LogP contribution in [0.4, 0.5) is 17.7 Å². The van der Waals surface area contributed by atoms with Gasteiger partial charge in [-0.3, -0.25) is 14.8 Å². The van der Waals surface area contributed by atoms with Crippen LogP contribution >= 0.6 is 0 Å². The van der Waals surface area contributed by atoms with Crippen LogP contribution in [0, 0.1) is 12.3 Å². The highest BCUT2D eigenvalue weighted by atomic mass is 16.4. The van der Waals surface area contributed by atoms with Gasteiger partial charge in [-0.15, -0.1) is 0 Å². The predicted octanol–water partition coefficient (Wildman–Crippen LogP) is 4.88. The van der Waals surface area contributed by atoms with Crippen molar-refractivity contribution >= 4 is 45.2 Å². The summed E-state index contributed by atoms with van der Waals surface area (Å²) in [6.45, 7) is 2.19. The number of nitrogens with two attached hydrogens (primary N) is 1. The van der Waals surface area contributed by atoms with E-state index in [0.29, 0.717) is 39.4 Å². The molecule has 0 saturated heterocycles. The van der Waals surface area contributed by atoms with Crippen LogP contribution in [0.15, 0.2) is 88.3 Å². The molecule has 3 aromatic carbocycles. The van der Waals surface area contributed by atoms with Crippen molar-refractivity contribution in [1.82, 2.24) is 19.5 Å². The Bertz CT molecular complexity index is 1960. The Kier molecular flexibility index (Phi) is 6.19. The molecule has 10 heteroatoms. The average molecular weight is 531 g/mol. The van der Waals surface area contributed by atoms with Crippen LogP contribution < -0.4 is 21.9 Å². The quantitative estimate of drug-likeness (QED) is 0.213. The Morgan fingerprint density at radius 3 is 2.67 bits per heavy atom. The maximum atomic E-state index is 13.8. The largest absolute Gasteiger partial charge is 0.424 e. The normalized spacial score (nSPS) is 11.2. The molecular formula is C30H26N8O2. The van der Waals surface area contributed by atoms with Crippen LogP contribution in [-0.2, 0) is 6.54 Å². The van der Waals surface area contributed by atoms with Gasteiger partial charge in [-0.05, 0) is 48.2 Å². The van der Waals surface area contributed by atoms with Crippen LogP contribution in [0.25, 0.3) is 27.6 Å². The Labute approximate surface area is 229 Å². The molecule has 0 aliphatic heterocycles. The van der Waals surface area contributed by atoms with Gasteiger partial charge in [-0.25, -0.2) is 9.97 Å². The Hall–Kier alpha value is -5.51. The number of anilines is 3. The number of nitrogen functional groups attached to an aromatic ring is 1. The molecule has 40 heavy (non-hydrogen) atoms. The molecule has 0 aliphatic rings. The van der Waals surface area contributed by atoms with Crippen molar-refractivity contribution in [3.8, 4) is 5.69 Å². The summed E-state index contributed by atoms with van der Waals surface area (Å²) in [5.74, 6) is 0.535.